The summed E-state index contributed by atoms with van der Waals surface area (Å²) in [7, 11) is 0. The largest absolute Gasteiger partial charge is 0.492 e. The zero-order valence-corrected chi connectivity index (χ0v) is 16.5. The van der Waals surface area contributed by atoms with Crippen molar-refractivity contribution in [3.05, 3.63) is 28.8 Å². The summed E-state index contributed by atoms with van der Waals surface area (Å²) < 4.78 is 10.9. The maximum absolute atomic E-state index is 12.8. The van der Waals surface area contributed by atoms with Gasteiger partial charge in [0, 0.05) is 37.8 Å². The Morgan fingerprint density at radius 3 is 2.58 bits per heavy atom. The standard InChI is InChI=1S/C20H29ClN2O3/c1-3-26-19-5-4-17(14-18(19)21)20(24)23-8-6-16(7-9-23)15(2)22-10-12-25-13-11-22/h4-5,14-16H,3,6-13H2,1-2H3/t15-/m1/s1. The highest BCUT2D eigenvalue weighted by atomic mass is 35.5. The molecule has 2 aliphatic rings. The first kappa shape index (κ1) is 19.5. The van der Waals surface area contributed by atoms with Crippen LogP contribution < -0.4 is 4.74 Å². The van der Waals surface area contributed by atoms with Crippen molar-refractivity contribution >= 4 is 17.5 Å². The third kappa shape index (κ3) is 4.51. The second kappa shape index (κ2) is 9.07. The SMILES string of the molecule is CCOc1ccc(C(=O)N2CCC([C@@H](C)N3CCOCC3)CC2)cc1Cl. The van der Waals surface area contributed by atoms with Gasteiger partial charge >= 0.3 is 0 Å². The smallest absolute Gasteiger partial charge is 0.253 e. The Bertz CT molecular complexity index is 611. The molecule has 2 saturated heterocycles. The number of amides is 1. The number of nitrogens with zero attached hydrogens (tertiary/aromatic N) is 2. The lowest BCUT2D eigenvalue weighted by atomic mass is 9.89. The lowest BCUT2D eigenvalue weighted by Gasteiger charge is -2.41. The first-order valence-electron chi connectivity index (χ1n) is 9.63. The van der Waals surface area contributed by atoms with Crippen LogP contribution in [0.5, 0.6) is 5.75 Å². The molecule has 1 aromatic carbocycles. The fourth-order valence-electron chi connectivity index (χ4n) is 3.96. The van der Waals surface area contributed by atoms with Crippen LogP contribution in [-0.4, -0.2) is 67.7 Å². The van der Waals surface area contributed by atoms with Gasteiger partial charge in [-0.2, -0.15) is 0 Å². The van der Waals surface area contributed by atoms with E-state index in [1.165, 1.54) is 0 Å². The Morgan fingerprint density at radius 1 is 1.27 bits per heavy atom. The number of halogens is 1. The molecule has 2 heterocycles. The van der Waals surface area contributed by atoms with Crippen molar-refractivity contribution in [2.75, 3.05) is 46.0 Å². The Labute approximate surface area is 161 Å². The fourth-order valence-corrected chi connectivity index (χ4v) is 4.19. The van der Waals surface area contributed by atoms with Gasteiger partial charge in [-0.1, -0.05) is 11.6 Å². The Morgan fingerprint density at radius 2 is 1.96 bits per heavy atom. The lowest BCUT2D eigenvalue weighted by Crippen LogP contribution is -2.49. The number of ether oxygens (including phenoxy) is 2. The highest BCUT2D eigenvalue weighted by molar-refractivity contribution is 6.32. The van der Waals surface area contributed by atoms with Gasteiger partial charge < -0.3 is 14.4 Å². The van der Waals surface area contributed by atoms with E-state index in [0.29, 0.717) is 34.9 Å². The van der Waals surface area contributed by atoms with Crippen LogP contribution in [0.25, 0.3) is 0 Å². The monoisotopic (exact) mass is 380 g/mol. The molecule has 1 aromatic rings. The molecule has 144 valence electrons. The summed E-state index contributed by atoms with van der Waals surface area (Å²) in [5.74, 6) is 1.33. The number of benzene rings is 1. The minimum Gasteiger partial charge on any atom is -0.492 e. The highest BCUT2D eigenvalue weighted by Crippen LogP contribution is 2.28. The van der Waals surface area contributed by atoms with Gasteiger partial charge in [0.25, 0.3) is 5.91 Å². The normalized spacial score (nSPS) is 20.8. The van der Waals surface area contributed by atoms with E-state index in [9.17, 15) is 4.79 Å². The van der Waals surface area contributed by atoms with E-state index in [4.69, 9.17) is 21.1 Å². The zero-order valence-electron chi connectivity index (χ0n) is 15.7. The Balaban J connectivity index is 1.55. The molecular formula is C20H29ClN2O3. The molecule has 2 fully saturated rings. The summed E-state index contributed by atoms with van der Waals surface area (Å²) in [5, 5.41) is 0.494. The van der Waals surface area contributed by atoms with Crippen LogP contribution >= 0.6 is 11.6 Å². The molecule has 6 heteroatoms. The number of morpholine rings is 1. The van der Waals surface area contributed by atoms with Gasteiger partial charge in [-0.05, 0) is 50.8 Å². The maximum Gasteiger partial charge on any atom is 0.253 e. The predicted molar refractivity (Wildman–Crippen MR) is 103 cm³/mol. The summed E-state index contributed by atoms with van der Waals surface area (Å²) in [6.45, 7) is 10.1. The first-order valence-corrected chi connectivity index (χ1v) is 10.0. The number of carbonyl (C=O) groups is 1. The van der Waals surface area contributed by atoms with E-state index in [0.717, 1.165) is 52.2 Å². The van der Waals surface area contributed by atoms with Crippen molar-refractivity contribution in [2.24, 2.45) is 5.92 Å². The summed E-state index contributed by atoms with van der Waals surface area (Å²) in [5.41, 5.74) is 0.637. The van der Waals surface area contributed by atoms with Gasteiger partial charge in [-0.3, -0.25) is 9.69 Å². The molecule has 0 unspecified atom stereocenters. The van der Waals surface area contributed by atoms with E-state index in [1.807, 2.05) is 17.9 Å². The fraction of sp³-hybridized carbons (Fsp3) is 0.650. The van der Waals surface area contributed by atoms with Crippen molar-refractivity contribution in [1.29, 1.82) is 0 Å². The Hall–Kier alpha value is -1.30. The molecule has 5 nitrogen and oxygen atoms in total. The predicted octanol–water partition coefficient (Wildman–Crippen LogP) is 3.31. The molecule has 0 aromatic heterocycles. The van der Waals surface area contributed by atoms with Gasteiger partial charge in [0.1, 0.15) is 5.75 Å². The van der Waals surface area contributed by atoms with Gasteiger partial charge in [0.15, 0.2) is 0 Å². The average molecular weight is 381 g/mol. The third-order valence-electron chi connectivity index (χ3n) is 5.61. The summed E-state index contributed by atoms with van der Waals surface area (Å²) in [6.07, 6.45) is 2.10. The summed E-state index contributed by atoms with van der Waals surface area (Å²) >= 11 is 6.23. The van der Waals surface area contributed by atoms with Crippen molar-refractivity contribution < 1.29 is 14.3 Å². The molecule has 26 heavy (non-hydrogen) atoms. The number of carbonyl (C=O) groups excluding carboxylic acids is 1. The highest BCUT2D eigenvalue weighted by Gasteiger charge is 2.30. The molecular weight excluding hydrogens is 352 g/mol. The van der Waals surface area contributed by atoms with Crippen molar-refractivity contribution in [2.45, 2.75) is 32.7 Å². The van der Waals surface area contributed by atoms with E-state index < -0.39 is 0 Å². The summed E-state index contributed by atoms with van der Waals surface area (Å²) in [6, 6.07) is 5.86. The number of hydrogen-bond donors (Lipinski definition) is 0. The average Bonchev–Trinajstić information content (AvgIpc) is 2.69. The summed E-state index contributed by atoms with van der Waals surface area (Å²) in [4.78, 5) is 17.3. The molecule has 0 N–H and O–H groups in total. The lowest BCUT2D eigenvalue weighted by molar-refractivity contribution is -0.000950. The van der Waals surface area contributed by atoms with Crippen LogP contribution in [0, 0.1) is 5.92 Å². The van der Waals surface area contributed by atoms with Crippen LogP contribution in [0.1, 0.15) is 37.0 Å². The maximum atomic E-state index is 12.8. The molecule has 0 saturated carbocycles. The van der Waals surface area contributed by atoms with E-state index in [2.05, 4.69) is 11.8 Å². The van der Waals surface area contributed by atoms with Crippen molar-refractivity contribution in [1.82, 2.24) is 9.80 Å². The van der Waals surface area contributed by atoms with E-state index >= 15 is 0 Å². The number of piperidine rings is 1. The molecule has 0 bridgehead atoms. The quantitative estimate of drug-likeness (QED) is 0.785. The van der Waals surface area contributed by atoms with Crippen molar-refractivity contribution in [3.63, 3.8) is 0 Å². The minimum absolute atomic E-state index is 0.0624. The number of rotatable bonds is 5. The van der Waals surface area contributed by atoms with E-state index in [-0.39, 0.29) is 5.91 Å². The molecule has 2 aliphatic heterocycles. The minimum atomic E-state index is 0.0624. The number of hydrogen-bond acceptors (Lipinski definition) is 4. The van der Waals surface area contributed by atoms with Gasteiger partial charge in [-0.25, -0.2) is 0 Å². The van der Waals surface area contributed by atoms with Crippen LogP contribution in [0.2, 0.25) is 5.02 Å². The molecule has 0 spiro atoms. The first-order chi connectivity index (χ1) is 12.6. The van der Waals surface area contributed by atoms with Gasteiger partial charge in [0.05, 0.1) is 24.8 Å². The molecule has 3 rings (SSSR count). The second-order valence-corrected chi connectivity index (χ2v) is 7.50. The molecule has 0 aliphatic carbocycles. The van der Waals surface area contributed by atoms with Gasteiger partial charge in [0.2, 0.25) is 0 Å². The molecule has 0 radical (unpaired) electrons. The number of likely N-dealkylation sites (tertiary alicyclic amines) is 1. The Kier molecular flexibility index (Phi) is 6.79. The van der Waals surface area contributed by atoms with Crippen LogP contribution in [0.4, 0.5) is 0 Å². The third-order valence-corrected chi connectivity index (χ3v) is 5.90. The topological polar surface area (TPSA) is 42.0 Å². The van der Waals surface area contributed by atoms with Crippen LogP contribution in [-0.2, 0) is 4.74 Å². The van der Waals surface area contributed by atoms with Gasteiger partial charge in [-0.15, -0.1) is 0 Å². The molecule has 1 atom stereocenters. The van der Waals surface area contributed by atoms with E-state index in [1.54, 1.807) is 12.1 Å². The zero-order chi connectivity index (χ0) is 18.5. The van der Waals surface area contributed by atoms with Crippen LogP contribution in [0.15, 0.2) is 18.2 Å². The second-order valence-electron chi connectivity index (χ2n) is 7.10. The van der Waals surface area contributed by atoms with Crippen LogP contribution in [0.3, 0.4) is 0 Å². The van der Waals surface area contributed by atoms with Crippen molar-refractivity contribution in [3.8, 4) is 5.75 Å². The molecule has 1 amide bonds.